The van der Waals surface area contributed by atoms with Gasteiger partial charge in [0, 0.05) is 19.5 Å². The van der Waals surface area contributed by atoms with Gasteiger partial charge in [-0.25, -0.2) is 14.4 Å². The third-order valence-electron chi connectivity index (χ3n) is 2.38. The molecule has 5 nitrogen and oxygen atoms in total. The van der Waals surface area contributed by atoms with E-state index in [1.54, 1.807) is 30.3 Å². The summed E-state index contributed by atoms with van der Waals surface area (Å²) < 4.78 is 13.7. The van der Waals surface area contributed by atoms with Crippen LogP contribution >= 0.6 is 11.3 Å². The van der Waals surface area contributed by atoms with Crippen LogP contribution in [0.2, 0.25) is 0 Å². The molecule has 0 bridgehead atoms. The minimum atomic E-state index is -0.441. The van der Waals surface area contributed by atoms with E-state index < -0.39 is 5.82 Å². The first-order valence-electron chi connectivity index (χ1n) is 5.42. The van der Waals surface area contributed by atoms with Crippen molar-refractivity contribution in [3.8, 4) is 0 Å². The molecule has 0 amide bonds. The van der Waals surface area contributed by atoms with Crippen LogP contribution in [0.25, 0.3) is 0 Å². The minimum Gasteiger partial charge on any atom is -0.357 e. The molecule has 7 heteroatoms. The molecule has 0 saturated heterocycles. The Hall–Kier alpha value is -1.76. The van der Waals surface area contributed by atoms with Gasteiger partial charge in [0.1, 0.15) is 0 Å². The summed E-state index contributed by atoms with van der Waals surface area (Å²) in [5.41, 5.74) is 0.906. The molecule has 0 aliphatic heterocycles. The Morgan fingerprint density at radius 1 is 1.44 bits per heavy atom. The maximum Gasteiger partial charge on any atom is 0.224 e. The highest BCUT2D eigenvalue weighted by Crippen LogP contribution is 2.18. The van der Waals surface area contributed by atoms with Crippen molar-refractivity contribution in [2.75, 3.05) is 24.3 Å². The molecule has 0 saturated carbocycles. The van der Waals surface area contributed by atoms with Crippen molar-refractivity contribution >= 4 is 23.1 Å². The Balaban J connectivity index is 2.20. The maximum absolute atomic E-state index is 13.7. The van der Waals surface area contributed by atoms with Gasteiger partial charge in [0.15, 0.2) is 11.6 Å². The van der Waals surface area contributed by atoms with Gasteiger partial charge in [-0.3, -0.25) is 0 Å². The number of thiazole rings is 1. The Kier molecular flexibility index (Phi) is 3.71. The van der Waals surface area contributed by atoms with Crippen molar-refractivity contribution in [1.82, 2.24) is 15.0 Å². The zero-order valence-corrected chi connectivity index (χ0v) is 11.3. The Bertz CT molecular complexity index is 542. The van der Waals surface area contributed by atoms with Gasteiger partial charge in [0.2, 0.25) is 5.95 Å². The van der Waals surface area contributed by atoms with E-state index in [1.165, 1.54) is 0 Å². The molecule has 2 aromatic heterocycles. The lowest BCUT2D eigenvalue weighted by atomic mass is 10.4. The molecule has 2 aromatic rings. The fourth-order valence-electron chi connectivity index (χ4n) is 1.55. The molecule has 0 aliphatic carbocycles. The summed E-state index contributed by atoms with van der Waals surface area (Å²) in [5, 5.41) is 5.75. The molecule has 2 rings (SSSR count). The zero-order chi connectivity index (χ0) is 13.1. The fraction of sp³-hybridized carbons (Fsp3) is 0.364. The third-order valence-corrected chi connectivity index (χ3v) is 3.20. The molecule has 0 radical (unpaired) electrons. The second-order valence-electron chi connectivity index (χ2n) is 3.83. The largest absolute Gasteiger partial charge is 0.357 e. The van der Waals surface area contributed by atoms with E-state index in [2.05, 4.69) is 20.3 Å². The molecule has 18 heavy (non-hydrogen) atoms. The number of rotatable bonds is 4. The van der Waals surface area contributed by atoms with Gasteiger partial charge in [0.25, 0.3) is 0 Å². The van der Waals surface area contributed by atoms with E-state index in [4.69, 9.17) is 0 Å². The van der Waals surface area contributed by atoms with E-state index in [1.807, 2.05) is 12.3 Å². The number of anilines is 2. The number of aryl methyl sites for hydroxylation is 1. The number of nitrogens with zero attached hydrogens (tertiary/aromatic N) is 4. The molecule has 0 aromatic carbocycles. The summed E-state index contributed by atoms with van der Waals surface area (Å²) in [5.74, 6) is 0.219. The predicted molar refractivity (Wildman–Crippen MR) is 70.5 cm³/mol. The van der Waals surface area contributed by atoms with E-state index in [0.29, 0.717) is 12.5 Å². The van der Waals surface area contributed by atoms with Crippen molar-refractivity contribution in [2.24, 2.45) is 0 Å². The number of halogens is 1. The number of hydrogen-bond acceptors (Lipinski definition) is 6. The van der Waals surface area contributed by atoms with Crippen LogP contribution in [0.1, 0.15) is 10.7 Å². The Morgan fingerprint density at radius 3 is 2.83 bits per heavy atom. The van der Waals surface area contributed by atoms with Crippen LogP contribution in [-0.2, 0) is 6.54 Å². The smallest absolute Gasteiger partial charge is 0.224 e. The highest BCUT2D eigenvalue weighted by molar-refractivity contribution is 7.09. The zero-order valence-electron chi connectivity index (χ0n) is 10.4. The first kappa shape index (κ1) is 12.7. The standard InChI is InChI=1S/C11H14FN5S/c1-7-15-8(6-18-7)5-17(3)10-9(12)4-14-11(13-2)16-10/h4,6H,5H2,1-3H3,(H,13,14,16). The highest BCUT2D eigenvalue weighted by atomic mass is 32.1. The van der Waals surface area contributed by atoms with Crippen molar-refractivity contribution in [1.29, 1.82) is 0 Å². The van der Waals surface area contributed by atoms with Gasteiger partial charge in [0.05, 0.1) is 23.4 Å². The highest BCUT2D eigenvalue weighted by Gasteiger charge is 2.12. The number of aromatic nitrogens is 3. The van der Waals surface area contributed by atoms with Gasteiger partial charge in [-0.05, 0) is 6.92 Å². The number of nitrogens with one attached hydrogen (secondary N) is 1. The molecule has 1 N–H and O–H groups in total. The monoisotopic (exact) mass is 267 g/mol. The normalized spacial score (nSPS) is 10.4. The van der Waals surface area contributed by atoms with E-state index in [-0.39, 0.29) is 5.82 Å². The van der Waals surface area contributed by atoms with Crippen molar-refractivity contribution in [3.63, 3.8) is 0 Å². The van der Waals surface area contributed by atoms with Crippen molar-refractivity contribution in [3.05, 3.63) is 28.1 Å². The minimum absolute atomic E-state index is 0.264. The summed E-state index contributed by atoms with van der Waals surface area (Å²) in [6.07, 6.45) is 1.16. The molecule has 0 spiro atoms. The lowest BCUT2D eigenvalue weighted by molar-refractivity contribution is 0.607. The molecular formula is C11H14FN5S. The van der Waals surface area contributed by atoms with E-state index in [9.17, 15) is 4.39 Å². The Labute approximate surface area is 109 Å². The SMILES string of the molecule is CNc1ncc(F)c(N(C)Cc2csc(C)n2)n1. The second kappa shape index (κ2) is 5.26. The summed E-state index contributed by atoms with van der Waals surface area (Å²) >= 11 is 1.58. The summed E-state index contributed by atoms with van der Waals surface area (Å²) in [4.78, 5) is 14.0. The van der Waals surface area contributed by atoms with Crippen LogP contribution in [0.4, 0.5) is 16.2 Å². The molecular weight excluding hydrogens is 253 g/mol. The van der Waals surface area contributed by atoms with E-state index >= 15 is 0 Å². The summed E-state index contributed by atoms with van der Waals surface area (Å²) in [6, 6.07) is 0. The van der Waals surface area contributed by atoms with Crippen LogP contribution in [-0.4, -0.2) is 29.0 Å². The van der Waals surface area contributed by atoms with Crippen LogP contribution in [0.15, 0.2) is 11.6 Å². The van der Waals surface area contributed by atoms with Crippen LogP contribution in [0.5, 0.6) is 0 Å². The lowest BCUT2D eigenvalue weighted by Gasteiger charge is -2.17. The summed E-state index contributed by atoms with van der Waals surface area (Å²) in [6.45, 7) is 2.46. The van der Waals surface area contributed by atoms with Crippen LogP contribution in [0.3, 0.4) is 0 Å². The molecule has 0 unspecified atom stereocenters. The van der Waals surface area contributed by atoms with Crippen LogP contribution in [0, 0.1) is 12.7 Å². The third kappa shape index (κ3) is 2.73. The van der Waals surface area contributed by atoms with Crippen LogP contribution < -0.4 is 10.2 Å². The second-order valence-corrected chi connectivity index (χ2v) is 4.89. The van der Waals surface area contributed by atoms with E-state index in [0.717, 1.165) is 16.9 Å². The quantitative estimate of drug-likeness (QED) is 0.919. The molecule has 96 valence electrons. The molecule has 2 heterocycles. The number of hydrogen-bond donors (Lipinski definition) is 1. The van der Waals surface area contributed by atoms with Gasteiger partial charge in [-0.2, -0.15) is 4.98 Å². The van der Waals surface area contributed by atoms with Gasteiger partial charge < -0.3 is 10.2 Å². The van der Waals surface area contributed by atoms with Crippen molar-refractivity contribution < 1.29 is 4.39 Å². The van der Waals surface area contributed by atoms with Gasteiger partial charge >= 0.3 is 0 Å². The average Bonchev–Trinajstić information content (AvgIpc) is 2.75. The summed E-state index contributed by atoms with van der Waals surface area (Å²) in [7, 11) is 3.47. The predicted octanol–water partition coefficient (Wildman–Crippen LogP) is 2.06. The first-order valence-corrected chi connectivity index (χ1v) is 6.30. The molecule has 0 aliphatic rings. The first-order chi connectivity index (χ1) is 8.60. The Morgan fingerprint density at radius 2 is 2.22 bits per heavy atom. The molecule has 0 atom stereocenters. The fourth-order valence-corrected chi connectivity index (χ4v) is 2.15. The van der Waals surface area contributed by atoms with Gasteiger partial charge in [-0.15, -0.1) is 11.3 Å². The lowest BCUT2D eigenvalue weighted by Crippen LogP contribution is -2.20. The average molecular weight is 267 g/mol. The van der Waals surface area contributed by atoms with Gasteiger partial charge in [-0.1, -0.05) is 0 Å². The maximum atomic E-state index is 13.7. The van der Waals surface area contributed by atoms with Crippen molar-refractivity contribution in [2.45, 2.75) is 13.5 Å². The molecule has 0 fully saturated rings. The topological polar surface area (TPSA) is 53.9 Å².